The number of pyridine rings is 1. The highest BCUT2D eigenvalue weighted by molar-refractivity contribution is 7.25. The molecule has 0 aliphatic carbocycles. The van der Waals surface area contributed by atoms with Crippen molar-refractivity contribution in [2.45, 2.75) is 0 Å². The van der Waals surface area contributed by atoms with Crippen LogP contribution in [0.1, 0.15) is 0 Å². The lowest BCUT2D eigenvalue weighted by molar-refractivity contribution is 0.620. The normalized spacial score (nSPS) is 11.9. The molecular formula is C52H30N2O3S. The largest absolute Gasteiger partial charge is 0.455 e. The van der Waals surface area contributed by atoms with Gasteiger partial charge in [0.25, 0.3) is 0 Å². The SMILES string of the molecule is O=c1cc(-c2ccccc2)oc2c(-c3ccc(-n4c5ccccc5c5cc6sc7ccccc7c6cc54)cc3)cc(-n3c4ccccc4c(=O)c4ccccc43)cc12. The number of fused-ring (bicyclic) bond motifs is 9. The first-order valence-corrected chi connectivity index (χ1v) is 20.1. The van der Waals surface area contributed by atoms with Gasteiger partial charge in [-0.25, -0.2) is 0 Å². The van der Waals surface area contributed by atoms with Crippen LogP contribution in [-0.4, -0.2) is 9.13 Å². The Bertz CT molecular complexity index is 3720. The van der Waals surface area contributed by atoms with Crippen molar-refractivity contribution >= 4 is 86.1 Å². The molecule has 0 aliphatic rings. The molecule has 0 N–H and O–H groups in total. The van der Waals surface area contributed by atoms with E-state index in [-0.39, 0.29) is 10.9 Å². The second kappa shape index (κ2) is 12.5. The van der Waals surface area contributed by atoms with Crippen molar-refractivity contribution in [3.63, 3.8) is 0 Å². The van der Waals surface area contributed by atoms with Crippen LogP contribution in [0, 0.1) is 0 Å². The number of nitrogens with zero attached hydrogens (tertiary/aromatic N) is 2. The van der Waals surface area contributed by atoms with Gasteiger partial charge in [-0.15, -0.1) is 11.3 Å². The molecule has 0 spiro atoms. The highest BCUT2D eigenvalue weighted by Gasteiger charge is 2.20. The van der Waals surface area contributed by atoms with Gasteiger partial charge in [-0.05, 0) is 78.4 Å². The summed E-state index contributed by atoms with van der Waals surface area (Å²) in [4.78, 5) is 27.9. The molecule has 58 heavy (non-hydrogen) atoms. The van der Waals surface area contributed by atoms with Crippen molar-refractivity contribution in [2.75, 3.05) is 0 Å². The number of thiophene rings is 1. The molecule has 6 heteroatoms. The molecule has 0 saturated carbocycles. The quantitative estimate of drug-likeness (QED) is 0.168. The number of para-hydroxylation sites is 3. The van der Waals surface area contributed by atoms with Gasteiger partial charge in [0.2, 0.25) is 0 Å². The number of benzene rings is 8. The van der Waals surface area contributed by atoms with E-state index in [1.165, 1.54) is 30.9 Å². The second-order valence-electron chi connectivity index (χ2n) is 14.8. The van der Waals surface area contributed by atoms with Crippen LogP contribution in [0.5, 0.6) is 0 Å². The Kier molecular flexibility index (Phi) is 7.03. The van der Waals surface area contributed by atoms with E-state index in [2.05, 4.69) is 100 Å². The lowest BCUT2D eigenvalue weighted by Crippen LogP contribution is -2.11. The van der Waals surface area contributed by atoms with Crippen LogP contribution in [0.4, 0.5) is 0 Å². The predicted octanol–water partition coefficient (Wildman–Crippen LogP) is 13.0. The van der Waals surface area contributed by atoms with Crippen molar-refractivity contribution in [3.8, 4) is 33.8 Å². The Morgan fingerprint density at radius 1 is 0.397 bits per heavy atom. The van der Waals surface area contributed by atoms with E-state index in [0.717, 1.165) is 50.1 Å². The summed E-state index contributed by atoms with van der Waals surface area (Å²) in [5.74, 6) is 0.500. The molecule has 0 fully saturated rings. The summed E-state index contributed by atoms with van der Waals surface area (Å²) in [6.45, 7) is 0. The summed E-state index contributed by atoms with van der Waals surface area (Å²) in [5, 5.41) is 6.61. The van der Waals surface area contributed by atoms with Gasteiger partial charge in [0.05, 0.1) is 27.5 Å². The maximum absolute atomic E-state index is 14.2. The fourth-order valence-corrected chi connectivity index (χ4v) is 9.99. The van der Waals surface area contributed by atoms with E-state index in [1.54, 1.807) is 6.07 Å². The molecule has 5 nitrogen and oxygen atoms in total. The van der Waals surface area contributed by atoms with Gasteiger partial charge < -0.3 is 13.6 Å². The minimum atomic E-state index is -0.146. The van der Waals surface area contributed by atoms with Crippen LogP contribution >= 0.6 is 11.3 Å². The smallest absolute Gasteiger partial charge is 0.197 e. The average molecular weight is 763 g/mol. The van der Waals surface area contributed by atoms with Gasteiger partial charge in [-0.1, -0.05) is 103 Å². The fourth-order valence-electron chi connectivity index (χ4n) is 8.86. The molecule has 4 aromatic heterocycles. The second-order valence-corrected chi connectivity index (χ2v) is 15.9. The molecular weight excluding hydrogens is 733 g/mol. The lowest BCUT2D eigenvalue weighted by Gasteiger charge is -2.18. The highest BCUT2D eigenvalue weighted by Crippen LogP contribution is 2.41. The lowest BCUT2D eigenvalue weighted by atomic mass is 9.99. The number of hydrogen-bond acceptors (Lipinski definition) is 4. The molecule has 272 valence electrons. The van der Waals surface area contributed by atoms with Crippen molar-refractivity contribution in [1.29, 1.82) is 0 Å². The van der Waals surface area contributed by atoms with Crippen molar-refractivity contribution in [2.24, 2.45) is 0 Å². The first-order chi connectivity index (χ1) is 28.6. The zero-order valence-corrected chi connectivity index (χ0v) is 31.7. The molecule has 0 bridgehead atoms. The Hall–Kier alpha value is -7.54. The number of aromatic nitrogens is 2. The maximum atomic E-state index is 14.2. The van der Waals surface area contributed by atoms with E-state index < -0.39 is 0 Å². The zero-order chi connectivity index (χ0) is 38.5. The Labute approximate surface area is 334 Å². The van der Waals surface area contributed by atoms with E-state index >= 15 is 0 Å². The molecule has 0 aliphatic heterocycles. The number of rotatable bonds is 4. The van der Waals surface area contributed by atoms with Crippen molar-refractivity contribution in [3.05, 3.63) is 202 Å². The van der Waals surface area contributed by atoms with Crippen LogP contribution in [0.2, 0.25) is 0 Å². The summed E-state index contributed by atoms with van der Waals surface area (Å²) >= 11 is 1.83. The molecule has 0 unspecified atom stereocenters. The molecule has 0 amide bonds. The summed E-state index contributed by atoms with van der Waals surface area (Å²) in [6.07, 6.45) is 0. The van der Waals surface area contributed by atoms with Gasteiger partial charge in [0, 0.05) is 70.3 Å². The van der Waals surface area contributed by atoms with Crippen LogP contribution < -0.4 is 10.9 Å². The standard InChI is InChI=1S/C52H30N2O3S/c55-47-30-48(32-12-2-1-3-13-32)57-52-39(26-34(27-42(47)52)54-44-19-9-5-16-37(44)51(56)38-17-6-10-20-45(38)54)31-22-24-33(25-23-31)53-43-18-8-4-14-35(43)40-29-50-41(28-46(40)53)36-15-7-11-21-49(36)58-50/h1-30H. The summed E-state index contributed by atoms with van der Waals surface area (Å²) in [7, 11) is 0. The monoisotopic (exact) mass is 762 g/mol. The van der Waals surface area contributed by atoms with E-state index in [0.29, 0.717) is 27.5 Å². The summed E-state index contributed by atoms with van der Waals surface area (Å²) in [5.41, 5.74) is 8.40. The Morgan fingerprint density at radius 2 is 1.00 bits per heavy atom. The summed E-state index contributed by atoms with van der Waals surface area (Å²) in [6, 6.07) is 61.0. The Morgan fingerprint density at radius 3 is 1.72 bits per heavy atom. The molecule has 0 radical (unpaired) electrons. The number of hydrogen-bond donors (Lipinski definition) is 0. The third-order valence-electron chi connectivity index (χ3n) is 11.5. The first-order valence-electron chi connectivity index (χ1n) is 19.2. The van der Waals surface area contributed by atoms with Crippen molar-refractivity contribution < 1.29 is 4.42 Å². The molecule has 4 heterocycles. The van der Waals surface area contributed by atoms with Gasteiger partial charge >= 0.3 is 0 Å². The van der Waals surface area contributed by atoms with Gasteiger partial charge in [-0.2, -0.15) is 0 Å². The van der Waals surface area contributed by atoms with E-state index in [4.69, 9.17) is 4.42 Å². The minimum absolute atomic E-state index is 0.0240. The third-order valence-corrected chi connectivity index (χ3v) is 12.7. The molecule has 0 atom stereocenters. The van der Waals surface area contributed by atoms with Gasteiger partial charge in [0.1, 0.15) is 11.3 Å². The Balaban J connectivity index is 1.11. The van der Waals surface area contributed by atoms with E-state index in [1.807, 2.05) is 96.3 Å². The topological polar surface area (TPSA) is 57.1 Å². The first kappa shape index (κ1) is 32.7. The molecule has 0 saturated heterocycles. The average Bonchev–Trinajstić information content (AvgIpc) is 3.80. The molecule has 8 aromatic carbocycles. The third kappa shape index (κ3) is 4.82. The zero-order valence-electron chi connectivity index (χ0n) is 30.8. The van der Waals surface area contributed by atoms with Crippen LogP contribution in [0.15, 0.2) is 196 Å². The van der Waals surface area contributed by atoms with Gasteiger partial charge in [-0.3, -0.25) is 9.59 Å². The van der Waals surface area contributed by atoms with Crippen LogP contribution in [-0.2, 0) is 0 Å². The molecule has 12 aromatic rings. The predicted molar refractivity (Wildman–Crippen MR) is 241 cm³/mol. The minimum Gasteiger partial charge on any atom is -0.455 e. The maximum Gasteiger partial charge on any atom is 0.197 e. The fraction of sp³-hybridized carbons (Fsp3) is 0. The van der Waals surface area contributed by atoms with Crippen LogP contribution in [0.3, 0.4) is 0 Å². The molecule has 12 rings (SSSR count). The van der Waals surface area contributed by atoms with Crippen molar-refractivity contribution in [1.82, 2.24) is 9.13 Å². The van der Waals surface area contributed by atoms with E-state index in [9.17, 15) is 9.59 Å². The summed E-state index contributed by atoms with van der Waals surface area (Å²) < 4.78 is 13.7. The highest BCUT2D eigenvalue weighted by atomic mass is 32.1. The van der Waals surface area contributed by atoms with Gasteiger partial charge in [0.15, 0.2) is 10.9 Å². The van der Waals surface area contributed by atoms with Crippen LogP contribution in [0.25, 0.3) is 109 Å².